The van der Waals surface area contributed by atoms with Gasteiger partial charge in [0.05, 0.1) is 17.4 Å². The lowest BCUT2D eigenvalue weighted by Gasteiger charge is -2.16. The van der Waals surface area contributed by atoms with E-state index in [2.05, 4.69) is 10.4 Å². The van der Waals surface area contributed by atoms with Crippen molar-refractivity contribution >= 4 is 16.9 Å². The first-order valence-electron chi connectivity index (χ1n) is 5.63. The molecular weight excluding hydrogens is 230 g/mol. The Morgan fingerprint density at radius 1 is 1.50 bits per heavy atom. The van der Waals surface area contributed by atoms with Crippen LogP contribution in [-0.2, 0) is 11.8 Å². The molecule has 3 N–H and O–H groups in total. The van der Waals surface area contributed by atoms with Gasteiger partial charge in [0.25, 0.3) is 5.91 Å². The monoisotopic (exact) mass is 247 g/mol. The summed E-state index contributed by atoms with van der Waals surface area (Å²) >= 11 is 0. The summed E-state index contributed by atoms with van der Waals surface area (Å²) in [4.78, 5) is 16.0. The van der Waals surface area contributed by atoms with E-state index in [1.54, 1.807) is 25.4 Å². The molecule has 0 saturated heterocycles. The number of imidazole rings is 1. The Hall–Kier alpha value is -1.92. The zero-order chi connectivity index (χ0) is 13.3. The molecule has 2 aromatic rings. The van der Waals surface area contributed by atoms with Gasteiger partial charge in [-0.25, -0.2) is 9.99 Å². The van der Waals surface area contributed by atoms with E-state index in [0.29, 0.717) is 0 Å². The molecule has 1 heterocycles. The molecule has 2 rings (SSSR count). The number of nitrogens with one attached hydrogen (secondary N) is 1. The van der Waals surface area contributed by atoms with Gasteiger partial charge in [-0.1, -0.05) is 6.07 Å². The van der Waals surface area contributed by atoms with Gasteiger partial charge >= 0.3 is 0 Å². The molecule has 1 atom stereocenters. The van der Waals surface area contributed by atoms with Gasteiger partial charge in [-0.3, -0.25) is 10.2 Å². The van der Waals surface area contributed by atoms with Crippen molar-refractivity contribution in [3.8, 4) is 0 Å². The van der Waals surface area contributed by atoms with Crippen LogP contribution in [-0.4, -0.2) is 34.6 Å². The molecule has 96 valence electrons. The average molecular weight is 247 g/mol. The van der Waals surface area contributed by atoms with Crippen LogP contribution in [0.1, 0.15) is 11.6 Å². The van der Waals surface area contributed by atoms with Crippen LogP contribution in [0, 0.1) is 0 Å². The van der Waals surface area contributed by atoms with Gasteiger partial charge in [0.15, 0.2) is 0 Å². The minimum Gasteiger partial charge on any atom is -0.334 e. The highest BCUT2D eigenvalue weighted by atomic mass is 16.2. The van der Waals surface area contributed by atoms with E-state index < -0.39 is 6.04 Å². The van der Waals surface area contributed by atoms with Crippen LogP contribution in [0.2, 0.25) is 0 Å². The summed E-state index contributed by atoms with van der Waals surface area (Å²) in [5.41, 5.74) is 11.1. The predicted octanol–water partition coefficient (Wildman–Crippen LogP) is 0.166. The number of rotatable bonds is 3. The van der Waals surface area contributed by atoms with Crippen LogP contribution in [0.25, 0.3) is 11.0 Å². The SMILES string of the molecule is CN(C)NC(=O)C(N)c1ccc2c(c1)ncn2C. The number of nitrogens with zero attached hydrogens (tertiary/aromatic N) is 3. The minimum absolute atomic E-state index is 0.240. The van der Waals surface area contributed by atoms with Crippen molar-refractivity contribution in [1.29, 1.82) is 0 Å². The van der Waals surface area contributed by atoms with Crippen LogP contribution in [0.3, 0.4) is 0 Å². The highest BCUT2D eigenvalue weighted by Gasteiger charge is 2.17. The van der Waals surface area contributed by atoms with E-state index in [-0.39, 0.29) is 5.91 Å². The number of aryl methyl sites for hydroxylation is 1. The fraction of sp³-hybridized carbons (Fsp3) is 0.333. The largest absolute Gasteiger partial charge is 0.334 e. The second kappa shape index (κ2) is 4.75. The molecule has 0 aliphatic heterocycles. The number of carbonyl (C=O) groups is 1. The highest BCUT2D eigenvalue weighted by Crippen LogP contribution is 2.18. The summed E-state index contributed by atoms with van der Waals surface area (Å²) in [6, 6.07) is 4.92. The molecule has 0 bridgehead atoms. The smallest absolute Gasteiger partial charge is 0.255 e. The lowest BCUT2D eigenvalue weighted by molar-refractivity contribution is -0.126. The zero-order valence-corrected chi connectivity index (χ0v) is 10.7. The Labute approximate surface area is 105 Å². The molecule has 18 heavy (non-hydrogen) atoms. The lowest BCUT2D eigenvalue weighted by atomic mass is 10.1. The third-order valence-electron chi connectivity index (χ3n) is 2.72. The van der Waals surface area contributed by atoms with Crippen molar-refractivity contribution in [2.75, 3.05) is 14.1 Å². The summed E-state index contributed by atoms with van der Waals surface area (Å²) in [5, 5.41) is 1.57. The summed E-state index contributed by atoms with van der Waals surface area (Å²) in [6.45, 7) is 0. The molecule has 1 unspecified atom stereocenters. The number of hydrazine groups is 1. The third-order valence-corrected chi connectivity index (χ3v) is 2.72. The van der Waals surface area contributed by atoms with E-state index in [1.807, 2.05) is 29.8 Å². The molecule has 0 fully saturated rings. The molecule has 0 saturated carbocycles. The molecule has 1 amide bonds. The number of hydrogen-bond acceptors (Lipinski definition) is 4. The van der Waals surface area contributed by atoms with E-state index in [9.17, 15) is 4.79 Å². The molecule has 0 aliphatic carbocycles. The quantitative estimate of drug-likeness (QED) is 0.758. The molecule has 1 aromatic carbocycles. The first-order chi connectivity index (χ1) is 8.49. The first-order valence-corrected chi connectivity index (χ1v) is 5.63. The van der Waals surface area contributed by atoms with E-state index in [4.69, 9.17) is 5.73 Å². The summed E-state index contributed by atoms with van der Waals surface area (Å²) < 4.78 is 1.92. The van der Waals surface area contributed by atoms with Crippen LogP contribution in [0.4, 0.5) is 0 Å². The van der Waals surface area contributed by atoms with E-state index >= 15 is 0 Å². The molecule has 6 heteroatoms. The van der Waals surface area contributed by atoms with Gasteiger partial charge in [0, 0.05) is 21.1 Å². The highest BCUT2D eigenvalue weighted by molar-refractivity contribution is 5.84. The Balaban J connectivity index is 2.27. The minimum atomic E-state index is -0.696. The van der Waals surface area contributed by atoms with Crippen molar-refractivity contribution < 1.29 is 4.79 Å². The molecular formula is C12H17N5O. The maximum Gasteiger partial charge on any atom is 0.255 e. The Morgan fingerprint density at radius 2 is 2.22 bits per heavy atom. The predicted molar refractivity (Wildman–Crippen MR) is 69.5 cm³/mol. The van der Waals surface area contributed by atoms with Crippen LogP contribution >= 0.6 is 0 Å². The second-order valence-corrected chi connectivity index (χ2v) is 4.45. The fourth-order valence-electron chi connectivity index (χ4n) is 1.79. The van der Waals surface area contributed by atoms with Gasteiger partial charge in [-0.2, -0.15) is 0 Å². The third kappa shape index (κ3) is 2.34. The van der Waals surface area contributed by atoms with Gasteiger partial charge in [0.2, 0.25) is 0 Å². The molecule has 0 spiro atoms. The van der Waals surface area contributed by atoms with E-state index in [1.165, 1.54) is 0 Å². The number of aromatic nitrogens is 2. The fourth-order valence-corrected chi connectivity index (χ4v) is 1.79. The maximum absolute atomic E-state index is 11.8. The van der Waals surface area contributed by atoms with Crippen molar-refractivity contribution in [2.24, 2.45) is 12.8 Å². The number of hydrogen-bond donors (Lipinski definition) is 2. The number of amides is 1. The number of benzene rings is 1. The van der Waals surface area contributed by atoms with Crippen LogP contribution < -0.4 is 11.2 Å². The molecule has 0 radical (unpaired) electrons. The van der Waals surface area contributed by atoms with Crippen LogP contribution in [0.5, 0.6) is 0 Å². The van der Waals surface area contributed by atoms with Gasteiger partial charge in [0.1, 0.15) is 6.04 Å². The Morgan fingerprint density at radius 3 is 2.89 bits per heavy atom. The van der Waals surface area contributed by atoms with Gasteiger partial charge in [-0.15, -0.1) is 0 Å². The zero-order valence-electron chi connectivity index (χ0n) is 10.7. The van der Waals surface area contributed by atoms with Crippen molar-refractivity contribution in [3.05, 3.63) is 30.1 Å². The van der Waals surface area contributed by atoms with Gasteiger partial charge in [-0.05, 0) is 17.7 Å². The average Bonchev–Trinajstić information content (AvgIpc) is 2.69. The maximum atomic E-state index is 11.8. The first kappa shape index (κ1) is 12.5. The second-order valence-electron chi connectivity index (χ2n) is 4.45. The number of carbonyl (C=O) groups excluding carboxylic acids is 1. The van der Waals surface area contributed by atoms with Crippen LogP contribution in [0.15, 0.2) is 24.5 Å². The van der Waals surface area contributed by atoms with Crippen molar-refractivity contribution in [3.63, 3.8) is 0 Å². The van der Waals surface area contributed by atoms with Gasteiger partial charge < -0.3 is 10.3 Å². The van der Waals surface area contributed by atoms with Crippen molar-refractivity contribution in [2.45, 2.75) is 6.04 Å². The topological polar surface area (TPSA) is 76.2 Å². The standard InChI is InChI=1S/C12H17N5O/c1-16(2)15-12(18)11(13)8-4-5-10-9(6-8)14-7-17(10)3/h4-7,11H,13H2,1-3H3,(H,15,18). The number of nitrogens with two attached hydrogens (primary N) is 1. The number of fused-ring (bicyclic) bond motifs is 1. The normalized spacial score (nSPS) is 12.9. The molecule has 1 aromatic heterocycles. The van der Waals surface area contributed by atoms with E-state index in [0.717, 1.165) is 16.6 Å². The lowest BCUT2D eigenvalue weighted by Crippen LogP contribution is -2.41. The van der Waals surface area contributed by atoms with Crippen molar-refractivity contribution in [1.82, 2.24) is 20.0 Å². The Kier molecular flexibility index (Phi) is 3.31. The summed E-state index contributed by atoms with van der Waals surface area (Å²) in [6.07, 6.45) is 1.74. The molecule has 6 nitrogen and oxygen atoms in total. The summed E-state index contributed by atoms with van der Waals surface area (Å²) in [5.74, 6) is -0.240. The molecule has 0 aliphatic rings. The summed E-state index contributed by atoms with van der Waals surface area (Å²) in [7, 11) is 5.41. The Bertz CT molecular complexity index is 575.